The van der Waals surface area contributed by atoms with Crippen LogP contribution < -0.4 is 16.4 Å². The fraction of sp³-hybridized carbons (Fsp3) is 0.111. The second-order valence-corrected chi connectivity index (χ2v) is 3.66. The van der Waals surface area contributed by atoms with E-state index in [4.69, 9.17) is 5.73 Å². The van der Waals surface area contributed by atoms with Gasteiger partial charge in [-0.25, -0.2) is 0 Å². The van der Waals surface area contributed by atoms with Crippen molar-refractivity contribution in [3.63, 3.8) is 0 Å². The third kappa shape index (κ3) is 2.35. The zero-order chi connectivity index (χ0) is 10.7. The molecule has 2 heterocycles. The molecule has 0 aliphatic rings. The van der Waals surface area contributed by atoms with Crippen LogP contribution in [-0.4, -0.2) is 17.0 Å². The van der Waals surface area contributed by atoms with Gasteiger partial charge in [-0.2, -0.15) is 21.3 Å². The Kier molecular flexibility index (Phi) is 2.68. The molecule has 0 amide bonds. The lowest BCUT2D eigenvalue weighted by molar-refractivity contribution is 1.18. The number of rotatable bonds is 3. The monoisotopic (exact) mass is 221 g/mol. The van der Waals surface area contributed by atoms with E-state index in [0.29, 0.717) is 11.6 Å². The summed E-state index contributed by atoms with van der Waals surface area (Å²) in [6.45, 7) is 0. The van der Waals surface area contributed by atoms with Gasteiger partial charge >= 0.3 is 0 Å². The highest BCUT2D eigenvalue weighted by molar-refractivity contribution is 7.08. The lowest BCUT2D eigenvalue weighted by Crippen LogP contribution is -2.02. The summed E-state index contributed by atoms with van der Waals surface area (Å²) in [4.78, 5) is 8.08. The summed E-state index contributed by atoms with van der Waals surface area (Å²) in [6, 6.07) is 3.77. The third-order valence-corrected chi connectivity index (χ3v) is 2.48. The van der Waals surface area contributed by atoms with Gasteiger partial charge in [-0.05, 0) is 11.4 Å². The number of thiophene rings is 1. The second kappa shape index (κ2) is 4.14. The molecule has 6 heteroatoms. The van der Waals surface area contributed by atoms with Crippen molar-refractivity contribution in [3.8, 4) is 0 Å². The van der Waals surface area contributed by atoms with Crippen LogP contribution >= 0.6 is 11.3 Å². The maximum atomic E-state index is 5.56. The quantitative estimate of drug-likeness (QED) is 0.738. The zero-order valence-corrected chi connectivity index (χ0v) is 9.01. The molecule has 0 saturated carbocycles. The highest BCUT2D eigenvalue weighted by Crippen LogP contribution is 2.19. The first-order valence-corrected chi connectivity index (χ1v) is 5.34. The minimum atomic E-state index is 0.250. The van der Waals surface area contributed by atoms with Crippen LogP contribution in [0.2, 0.25) is 0 Å². The van der Waals surface area contributed by atoms with Crippen LogP contribution in [0.15, 0.2) is 22.9 Å². The molecule has 2 rings (SSSR count). The lowest BCUT2D eigenvalue weighted by Gasteiger charge is -2.06. The topological polar surface area (TPSA) is 75.9 Å². The second-order valence-electron chi connectivity index (χ2n) is 2.88. The van der Waals surface area contributed by atoms with Crippen LogP contribution in [0, 0.1) is 0 Å². The van der Waals surface area contributed by atoms with Crippen LogP contribution in [0.3, 0.4) is 0 Å². The van der Waals surface area contributed by atoms with Crippen molar-refractivity contribution in [1.82, 2.24) is 9.97 Å². The highest BCUT2D eigenvalue weighted by atomic mass is 32.1. The first-order valence-electron chi connectivity index (χ1n) is 4.39. The number of hydrogen-bond acceptors (Lipinski definition) is 6. The highest BCUT2D eigenvalue weighted by Gasteiger charge is 2.01. The van der Waals surface area contributed by atoms with Gasteiger partial charge in [-0.3, -0.25) is 0 Å². The van der Waals surface area contributed by atoms with Crippen LogP contribution in [0.4, 0.5) is 23.3 Å². The maximum absolute atomic E-state index is 5.56. The molecular weight excluding hydrogens is 210 g/mol. The molecule has 0 unspecified atom stereocenters. The molecule has 4 N–H and O–H groups in total. The Morgan fingerprint density at radius 2 is 2.13 bits per heavy atom. The molecule has 2 aromatic rings. The standard InChI is InChI=1S/C9H11N5S/c1-11-7-4-8(14-9(10)13-7)12-6-2-3-15-5-6/h2-5H,1H3,(H4,10,11,12,13,14). The molecule has 78 valence electrons. The van der Waals surface area contributed by atoms with Crippen molar-refractivity contribution in [2.45, 2.75) is 0 Å². The molecule has 0 atom stereocenters. The average Bonchev–Trinajstić information content (AvgIpc) is 2.69. The number of aromatic nitrogens is 2. The fourth-order valence-electron chi connectivity index (χ4n) is 1.14. The van der Waals surface area contributed by atoms with Gasteiger partial charge < -0.3 is 16.4 Å². The summed E-state index contributed by atoms with van der Waals surface area (Å²) >= 11 is 1.62. The minimum absolute atomic E-state index is 0.250. The largest absolute Gasteiger partial charge is 0.373 e. The fourth-order valence-corrected chi connectivity index (χ4v) is 1.73. The summed E-state index contributed by atoms with van der Waals surface area (Å²) in [7, 11) is 1.79. The Labute approximate surface area is 91.4 Å². The summed E-state index contributed by atoms with van der Waals surface area (Å²) in [6.07, 6.45) is 0. The average molecular weight is 221 g/mol. The van der Waals surface area contributed by atoms with E-state index in [-0.39, 0.29) is 5.95 Å². The predicted octanol–water partition coefficient (Wildman–Crippen LogP) is 1.91. The summed E-state index contributed by atoms with van der Waals surface area (Å²) in [5.74, 6) is 1.63. The molecule has 0 radical (unpaired) electrons. The zero-order valence-electron chi connectivity index (χ0n) is 8.19. The first kappa shape index (κ1) is 9.72. The van der Waals surface area contributed by atoms with Crippen molar-refractivity contribution in [1.29, 1.82) is 0 Å². The van der Waals surface area contributed by atoms with E-state index in [0.717, 1.165) is 5.69 Å². The summed E-state index contributed by atoms with van der Waals surface area (Å²) in [5.41, 5.74) is 6.56. The van der Waals surface area contributed by atoms with E-state index in [1.165, 1.54) is 0 Å². The van der Waals surface area contributed by atoms with Gasteiger partial charge in [0.05, 0.1) is 5.69 Å². The van der Waals surface area contributed by atoms with Crippen molar-refractivity contribution in [3.05, 3.63) is 22.9 Å². The van der Waals surface area contributed by atoms with Crippen LogP contribution in [0.5, 0.6) is 0 Å². The van der Waals surface area contributed by atoms with Gasteiger partial charge in [0.15, 0.2) is 0 Å². The van der Waals surface area contributed by atoms with E-state index < -0.39 is 0 Å². The third-order valence-electron chi connectivity index (χ3n) is 1.79. The van der Waals surface area contributed by atoms with E-state index in [9.17, 15) is 0 Å². The van der Waals surface area contributed by atoms with Crippen molar-refractivity contribution in [2.75, 3.05) is 23.4 Å². The van der Waals surface area contributed by atoms with Crippen LogP contribution in [0.1, 0.15) is 0 Å². The van der Waals surface area contributed by atoms with Gasteiger partial charge in [0.1, 0.15) is 11.6 Å². The predicted molar refractivity (Wildman–Crippen MR) is 63.6 cm³/mol. The van der Waals surface area contributed by atoms with Crippen LogP contribution in [0.25, 0.3) is 0 Å². The molecule has 0 aliphatic heterocycles. The lowest BCUT2D eigenvalue weighted by atomic mass is 10.4. The van der Waals surface area contributed by atoms with Crippen LogP contribution in [-0.2, 0) is 0 Å². The van der Waals surface area contributed by atoms with E-state index in [1.54, 1.807) is 24.5 Å². The molecule has 0 aromatic carbocycles. The smallest absolute Gasteiger partial charge is 0.223 e. The molecule has 2 aromatic heterocycles. The number of nitrogens with zero attached hydrogens (tertiary/aromatic N) is 2. The Morgan fingerprint density at radius 1 is 1.33 bits per heavy atom. The molecule has 15 heavy (non-hydrogen) atoms. The van der Waals surface area contributed by atoms with Crippen molar-refractivity contribution >= 4 is 34.6 Å². The number of hydrogen-bond donors (Lipinski definition) is 3. The van der Waals surface area contributed by atoms with Crippen molar-refractivity contribution in [2.24, 2.45) is 0 Å². The van der Waals surface area contributed by atoms with Gasteiger partial charge in [0.25, 0.3) is 0 Å². The van der Waals surface area contributed by atoms with Gasteiger partial charge in [0, 0.05) is 18.5 Å². The van der Waals surface area contributed by atoms with Gasteiger partial charge in [0.2, 0.25) is 5.95 Å². The molecule has 0 fully saturated rings. The molecule has 0 aliphatic carbocycles. The Balaban J connectivity index is 2.24. The van der Waals surface area contributed by atoms with E-state index >= 15 is 0 Å². The first-order chi connectivity index (χ1) is 7.28. The Hall–Kier alpha value is -1.82. The Morgan fingerprint density at radius 3 is 2.80 bits per heavy atom. The summed E-state index contributed by atoms with van der Waals surface area (Å²) < 4.78 is 0. The Bertz CT molecular complexity index is 440. The van der Waals surface area contributed by atoms with Gasteiger partial charge in [-0.1, -0.05) is 0 Å². The number of anilines is 4. The van der Waals surface area contributed by atoms with E-state index in [1.807, 2.05) is 16.8 Å². The van der Waals surface area contributed by atoms with Gasteiger partial charge in [-0.15, -0.1) is 0 Å². The number of nitrogens with two attached hydrogens (primary N) is 1. The number of nitrogen functional groups attached to an aromatic ring is 1. The maximum Gasteiger partial charge on any atom is 0.223 e. The molecule has 0 saturated heterocycles. The summed E-state index contributed by atoms with van der Waals surface area (Å²) in [5, 5.41) is 10.0. The molecule has 0 spiro atoms. The van der Waals surface area contributed by atoms with E-state index in [2.05, 4.69) is 20.6 Å². The molecular formula is C9H11N5S. The molecule has 5 nitrogen and oxygen atoms in total. The minimum Gasteiger partial charge on any atom is -0.373 e. The normalized spacial score (nSPS) is 9.93. The van der Waals surface area contributed by atoms with Crippen molar-refractivity contribution < 1.29 is 0 Å². The molecule has 0 bridgehead atoms. The number of nitrogens with one attached hydrogen (secondary N) is 2. The SMILES string of the molecule is CNc1cc(Nc2ccsc2)nc(N)n1.